The van der Waals surface area contributed by atoms with Gasteiger partial charge in [0.2, 0.25) is 5.89 Å². The van der Waals surface area contributed by atoms with Gasteiger partial charge in [-0.05, 0) is 31.5 Å². The summed E-state index contributed by atoms with van der Waals surface area (Å²) in [6.45, 7) is 5.84. The van der Waals surface area contributed by atoms with E-state index in [4.69, 9.17) is 9.26 Å². The maximum Gasteiger partial charge on any atom is 0.240 e. The molecule has 0 fully saturated rings. The van der Waals surface area contributed by atoms with E-state index in [1.165, 1.54) is 0 Å². The van der Waals surface area contributed by atoms with Crippen molar-refractivity contribution in [3.8, 4) is 5.75 Å². The van der Waals surface area contributed by atoms with Gasteiger partial charge in [0.15, 0.2) is 5.82 Å². The second kappa shape index (κ2) is 7.40. The van der Waals surface area contributed by atoms with Gasteiger partial charge in [0.1, 0.15) is 5.75 Å². The van der Waals surface area contributed by atoms with Gasteiger partial charge in [-0.3, -0.25) is 0 Å². The minimum absolute atomic E-state index is 0.542. The molecule has 1 N–H and O–H groups in total. The number of rotatable bonds is 7. The predicted octanol–water partition coefficient (Wildman–Crippen LogP) is 3.22. The molecule has 0 saturated carbocycles. The number of aryl methyl sites for hydroxylation is 1. The second-order valence-corrected chi connectivity index (χ2v) is 5.36. The summed E-state index contributed by atoms with van der Waals surface area (Å²) in [4.78, 5) is 4.15. The molecule has 0 bridgehead atoms. The number of ether oxygens (including phenoxy) is 1. The second-order valence-electron chi connectivity index (χ2n) is 4.44. The van der Waals surface area contributed by atoms with Crippen molar-refractivity contribution in [2.75, 3.05) is 6.61 Å². The summed E-state index contributed by atoms with van der Waals surface area (Å²) in [6, 6.07) is 6.01. The molecule has 0 aliphatic heterocycles. The summed E-state index contributed by atoms with van der Waals surface area (Å²) in [6.07, 6.45) is 0.990. The first kappa shape index (κ1) is 15.0. The molecule has 1 aromatic heterocycles. The van der Waals surface area contributed by atoms with Crippen LogP contribution in [0.15, 0.2) is 27.2 Å². The quantitative estimate of drug-likeness (QED) is 0.839. The lowest BCUT2D eigenvalue weighted by Crippen LogP contribution is -2.14. The van der Waals surface area contributed by atoms with Crippen molar-refractivity contribution in [1.82, 2.24) is 15.5 Å². The van der Waals surface area contributed by atoms with Gasteiger partial charge in [0.05, 0.1) is 13.2 Å². The molecule has 1 heterocycles. The first-order valence-electron chi connectivity index (χ1n) is 6.60. The zero-order valence-corrected chi connectivity index (χ0v) is 13.2. The molecule has 0 unspecified atom stereocenters. The monoisotopic (exact) mass is 339 g/mol. The molecule has 108 valence electrons. The topological polar surface area (TPSA) is 60.2 Å². The highest BCUT2D eigenvalue weighted by Crippen LogP contribution is 2.23. The minimum atomic E-state index is 0.542. The van der Waals surface area contributed by atoms with Gasteiger partial charge in [-0.15, -0.1) is 0 Å². The van der Waals surface area contributed by atoms with Crippen LogP contribution in [0.5, 0.6) is 5.75 Å². The lowest BCUT2D eigenvalue weighted by Gasteiger charge is -2.11. The number of nitrogens with one attached hydrogen (secondary N) is 1. The van der Waals surface area contributed by atoms with E-state index in [-0.39, 0.29) is 0 Å². The lowest BCUT2D eigenvalue weighted by molar-refractivity contribution is 0.312. The van der Waals surface area contributed by atoms with Crippen LogP contribution in [0.4, 0.5) is 0 Å². The number of hydrogen-bond acceptors (Lipinski definition) is 5. The zero-order chi connectivity index (χ0) is 14.4. The minimum Gasteiger partial charge on any atom is -0.493 e. The van der Waals surface area contributed by atoms with Crippen LogP contribution in [0.2, 0.25) is 0 Å². The molecule has 1 aromatic carbocycles. The number of hydrogen-bond donors (Lipinski definition) is 1. The van der Waals surface area contributed by atoms with Crippen LogP contribution in [-0.4, -0.2) is 16.7 Å². The fraction of sp³-hybridized carbons (Fsp3) is 0.429. The van der Waals surface area contributed by atoms with Crippen LogP contribution >= 0.6 is 15.9 Å². The Morgan fingerprint density at radius 1 is 1.35 bits per heavy atom. The Hall–Kier alpha value is -1.40. The number of benzene rings is 1. The molecule has 6 heteroatoms. The third-order valence-corrected chi connectivity index (χ3v) is 3.14. The Balaban J connectivity index is 1.95. The van der Waals surface area contributed by atoms with Gasteiger partial charge in [0, 0.05) is 16.6 Å². The van der Waals surface area contributed by atoms with Crippen molar-refractivity contribution in [3.63, 3.8) is 0 Å². The Labute approximate surface area is 126 Å². The van der Waals surface area contributed by atoms with Crippen molar-refractivity contribution < 1.29 is 9.26 Å². The molecule has 0 aliphatic rings. The Morgan fingerprint density at radius 2 is 2.20 bits per heavy atom. The predicted molar refractivity (Wildman–Crippen MR) is 79.5 cm³/mol. The maximum absolute atomic E-state index is 5.74. The summed E-state index contributed by atoms with van der Waals surface area (Å²) in [5, 5.41) is 7.03. The third kappa shape index (κ3) is 4.31. The SMILES string of the molecule is CCCOc1ccc(Br)cc1CNCc1nc(C)no1. The van der Waals surface area contributed by atoms with Crippen LogP contribution in [0, 0.1) is 6.92 Å². The highest BCUT2D eigenvalue weighted by molar-refractivity contribution is 9.10. The van der Waals surface area contributed by atoms with E-state index in [0.29, 0.717) is 24.8 Å². The summed E-state index contributed by atoms with van der Waals surface area (Å²) in [5.41, 5.74) is 1.10. The standard InChI is InChI=1S/C14H18BrN3O2/c1-3-6-19-13-5-4-12(15)7-11(13)8-16-9-14-17-10(2)18-20-14/h4-5,7,16H,3,6,8-9H2,1-2H3. The average molecular weight is 340 g/mol. The van der Waals surface area contributed by atoms with Gasteiger partial charge >= 0.3 is 0 Å². The van der Waals surface area contributed by atoms with E-state index in [2.05, 4.69) is 44.4 Å². The van der Waals surface area contributed by atoms with E-state index in [1.54, 1.807) is 6.92 Å². The lowest BCUT2D eigenvalue weighted by atomic mass is 10.2. The normalized spacial score (nSPS) is 10.8. The molecule has 20 heavy (non-hydrogen) atoms. The number of aromatic nitrogens is 2. The number of halogens is 1. The summed E-state index contributed by atoms with van der Waals surface area (Å²) >= 11 is 3.48. The molecule has 2 rings (SSSR count). The van der Waals surface area contributed by atoms with Crippen molar-refractivity contribution >= 4 is 15.9 Å². The fourth-order valence-electron chi connectivity index (χ4n) is 1.75. The van der Waals surface area contributed by atoms with Crippen LogP contribution in [-0.2, 0) is 13.1 Å². The third-order valence-electron chi connectivity index (χ3n) is 2.65. The van der Waals surface area contributed by atoms with Crippen LogP contribution < -0.4 is 10.1 Å². The maximum atomic E-state index is 5.74. The summed E-state index contributed by atoms with van der Waals surface area (Å²) in [7, 11) is 0. The molecular weight excluding hydrogens is 322 g/mol. The van der Waals surface area contributed by atoms with Gasteiger partial charge in [-0.2, -0.15) is 4.98 Å². The molecule has 0 atom stereocenters. The molecule has 0 spiro atoms. The molecule has 2 aromatic rings. The molecule has 0 amide bonds. The van der Waals surface area contributed by atoms with Gasteiger partial charge in [0.25, 0.3) is 0 Å². The Bertz CT molecular complexity index is 557. The molecule has 0 saturated heterocycles. The van der Waals surface area contributed by atoms with E-state index < -0.39 is 0 Å². The largest absolute Gasteiger partial charge is 0.493 e. The van der Waals surface area contributed by atoms with E-state index in [1.807, 2.05) is 12.1 Å². The molecular formula is C14H18BrN3O2. The van der Waals surface area contributed by atoms with Crippen LogP contribution in [0.25, 0.3) is 0 Å². The highest BCUT2D eigenvalue weighted by Gasteiger charge is 2.06. The van der Waals surface area contributed by atoms with Gasteiger partial charge in [-0.25, -0.2) is 0 Å². The van der Waals surface area contributed by atoms with E-state index in [0.717, 1.165) is 28.8 Å². The van der Waals surface area contributed by atoms with Crippen molar-refractivity contribution in [2.24, 2.45) is 0 Å². The first-order valence-corrected chi connectivity index (χ1v) is 7.39. The zero-order valence-electron chi connectivity index (χ0n) is 11.6. The van der Waals surface area contributed by atoms with E-state index >= 15 is 0 Å². The fourth-order valence-corrected chi connectivity index (χ4v) is 2.16. The molecule has 0 aliphatic carbocycles. The van der Waals surface area contributed by atoms with Crippen molar-refractivity contribution in [2.45, 2.75) is 33.4 Å². The van der Waals surface area contributed by atoms with Gasteiger partial charge in [-0.1, -0.05) is 28.0 Å². The molecule has 5 nitrogen and oxygen atoms in total. The number of nitrogens with zero attached hydrogens (tertiary/aromatic N) is 2. The van der Waals surface area contributed by atoms with Crippen molar-refractivity contribution in [1.29, 1.82) is 0 Å². The van der Waals surface area contributed by atoms with Crippen LogP contribution in [0.1, 0.15) is 30.6 Å². The highest BCUT2D eigenvalue weighted by atomic mass is 79.9. The molecule has 0 radical (unpaired) electrons. The summed E-state index contributed by atoms with van der Waals surface area (Å²) in [5.74, 6) is 2.15. The van der Waals surface area contributed by atoms with Crippen molar-refractivity contribution in [3.05, 3.63) is 40.0 Å². The Kier molecular flexibility index (Phi) is 5.55. The average Bonchev–Trinajstić information content (AvgIpc) is 2.84. The van der Waals surface area contributed by atoms with E-state index in [9.17, 15) is 0 Å². The smallest absolute Gasteiger partial charge is 0.240 e. The van der Waals surface area contributed by atoms with Gasteiger partial charge < -0.3 is 14.6 Å². The first-order chi connectivity index (χ1) is 9.69. The van der Waals surface area contributed by atoms with Crippen LogP contribution in [0.3, 0.4) is 0 Å². The summed E-state index contributed by atoms with van der Waals surface area (Å²) < 4.78 is 11.8. The Morgan fingerprint density at radius 3 is 2.90 bits per heavy atom.